The van der Waals surface area contributed by atoms with Crippen molar-refractivity contribution in [2.75, 3.05) is 11.9 Å². The Morgan fingerprint density at radius 3 is 2.65 bits per heavy atom. The van der Waals surface area contributed by atoms with E-state index >= 15 is 0 Å². The van der Waals surface area contributed by atoms with Crippen LogP contribution in [0.25, 0.3) is 0 Å². The van der Waals surface area contributed by atoms with E-state index in [1.807, 2.05) is 6.07 Å². The number of rotatable bonds is 5. The molecule has 0 aliphatic carbocycles. The van der Waals surface area contributed by atoms with Gasteiger partial charge in [0.2, 0.25) is 0 Å². The summed E-state index contributed by atoms with van der Waals surface area (Å²) < 4.78 is 5.42. The lowest BCUT2D eigenvalue weighted by molar-refractivity contribution is -0.138. The summed E-state index contributed by atoms with van der Waals surface area (Å²) >= 11 is 12.3. The summed E-state index contributed by atoms with van der Waals surface area (Å²) in [4.78, 5) is 23.7. The van der Waals surface area contributed by atoms with Crippen LogP contribution >= 0.6 is 23.2 Å². The van der Waals surface area contributed by atoms with E-state index in [4.69, 9.17) is 27.9 Å². The molecule has 6 nitrogen and oxygen atoms in total. The highest BCUT2D eigenvalue weighted by molar-refractivity contribution is 6.35. The molecule has 26 heavy (non-hydrogen) atoms. The second kappa shape index (κ2) is 7.85. The van der Waals surface area contributed by atoms with Crippen LogP contribution in [-0.2, 0) is 9.59 Å². The second-order valence-electron chi connectivity index (χ2n) is 5.84. The van der Waals surface area contributed by atoms with E-state index in [9.17, 15) is 14.7 Å². The van der Waals surface area contributed by atoms with Gasteiger partial charge in [0.1, 0.15) is 11.8 Å². The first-order valence-electron chi connectivity index (χ1n) is 7.89. The number of benzene rings is 2. The van der Waals surface area contributed by atoms with Crippen LogP contribution in [0.1, 0.15) is 18.0 Å². The number of amides is 1. The number of para-hydroxylation sites is 1. The fraction of sp³-hybridized carbons (Fsp3) is 0.222. The minimum atomic E-state index is -1.02. The van der Waals surface area contributed by atoms with E-state index in [0.29, 0.717) is 27.0 Å². The number of ether oxygens (including phenoxy) is 1. The van der Waals surface area contributed by atoms with Crippen molar-refractivity contribution in [2.45, 2.75) is 18.5 Å². The number of fused-ring (bicyclic) bond motifs is 1. The normalized spacial score (nSPS) is 18.4. The Kier molecular flexibility index (Phi) is 5.54. The molecule has 0 radical (unpaired) electrons. The summed E-state index contributed by atoms with van der Waals surface area (Å²) in [6.45, 7) is -0.188. The predicted octanol–water partition coefficient (Wildman–Crippen LogP) is 3.50. The Hall–Kier alpha value is -2.44. The highest BCUT2D eigenvalue weighted by atomic mass is 35.5. The molecular formula is C18H16Cl2N2O4. The van der Waals surface area contributed by atoms with E-state index in [2.05, 4.69) is 10.6 Å². The fourth-order valence-corrected chi connectivity index (χ4v) is 3.48. The topological polar surface area (TPSA) is 87.7 Å². The first kappa shape index (κ1) is 18.4. The van der Waals surface area contributed by atoms with Crippen LogP contribution in [0.2, 0.25) is 10.0 Å². The van der Waals surface area contributed by atoms with Crippen LogP contribution in [0.3, 0.4) is 0 Å². The van der Waals surface area contributed by atoms with Gasteiger partial charge < -0.3 is 20.5 Å². The van der Waals surface area contributed by atoms with E-state index in [0.717, 1.165) is 0 Å². The Morgan fingerprint density at radius 1 is 1.23 bits per heavy atom. The van der Waals surface area contributed by atoms with Gasteiger partial charge in [0, 0.05) is 27.7 Å². The van der Waals surface area contributed by atoms with Crippen molar-refractivity contribution in [3.63, 3.8) is 0 Å². The van der Waals surface area contributed by atoms with Crippen molar-refractivity contribution in [1.82, 2.24) is 5.32 Å². The molecule has 1 amide bonds. The summed E-state index contributed by atoms with van der Waals surface area (Å²) in [5.41, 5.74) is 1.11. The molecule has 2 aromatic carbocycles. The van der Waals surface area contributed by atoms with Gasteiger partial charge in [0.15, 0.2) is 6.61 Å². The van der Waals surface area contributed by atoms with Crippen molar-refractivity contribution in [3.05, 3.63) is 58.1 Å². The lowest BCUT2D eigenvalue weighted by atomic mass is 9.92. The molecule has 1 aliphatic rings. The van der Waals surface area contributed by atoms with Gasteiger partial charge in [-0.15, -0.1) is 0 Å². The lowest BCUT2D eigenvalue weighted by Crippen LogP contribution is -2.42. The van der Waals surface area contributed by atoms with Gasteiger partial charge in [-0.3, -0.25) is 4.79 Å². The third-order valence-corrected chi connectivity index (χ3v) is 4.52. The zero-order valence-electron chi connectivity index (χ0n) is 13.5. The zero-order valence-corrected chi connectivity index (χ0v) is 15.1. The molecule has 0 saturated carbocycles. The smallest absolute Gasteiger partial charge is 0.326 e. The molecule has 0 saturated heterocycles. The molecule has 136 valence electrons. The molecule has 1 heterocycles. The predicted molar refractivity (Wildman–Crippen MR) is 98.9 cm³/mol. The van der Waals surface area contributed by atoms with Crippen molar-refractivity contribution < 1.29 is 19.4 Å². The van der Waals surface area contributed by atoms with Gasteiger partial charge in [0.05, 0.1) is 6.04 Å². The van der Waals surface area contributed by atoms with Gasteiger partial charge in [-0.1, -0.05) is 41.4 Å². The number of hydrogen-bond acceptors (Lipinski definition) is 4. The first-order valence-corrected chi connectivity index (χ1v) is 8.65. The number of carboxylic acids is 1. The summed E-state index contributed by atoms with van der Waals surface area (Å²) in [7, 11) is 0. The van der Waals surface area contributed by atoms with Crippen LogP contribution in [0.5, 0.6) is 5.75 Å². The van der Waals surface area contributed by atoms with Gasteiger partial charge in [0.25, 0.3) is 5.91 Å². The molecule has 0 spiro atoms. The summed E-state index contributed by atoms with van der Waals surface area (Å²) in [5.74, 6) is -0.824. The summed E-state index contributed by atoms with van der Waals surface area (Å²) in [6, 6.07) is 10.7. The maximum absolute atomic E-state index is 12.3. The second-order valence-corrected chi connectivity index (χ2v) is 6.69. The number of aliphatic carboxylic acids is 1. The average Bonchev–Trinajstić information content (AvgIpc) is 2.60. The Bertz CT molecular complexity index is 829. The van der Waals surface area contributed by atoms with E-state index in [1.165, 1.54) is 0 Å². The molecule has 1 aliphatic heterocycles. The molecule has 3 rings (SSSR count). The van der Waals surface area contributed by atoms with E-state index in [1.54, 1.807) is 36.4 Å². The molecular weight excluding hydrogens is 379 g/mol. The average molecular weight is 395 g/mol. The highest BCUT2D eigenvalue weighted by Crippen LogP contribution is 2.39. The SMILES string of the molecule is O=C(COc1ccccc1)NC1CC(C(=O)O)Nc2cc(Cl)cc(Cl)c21. The van der Waals surface area contributed by atoms with Crippen molar-refractivity contribution >= 4 is 40.8 Å². The van der Waals surface area contributed by atoms with E-state index in [-0.39, 0.29) is 18.9 Å². The van der Waals surface area contributed by atoms with Crippen molar-refractivity contribution in [1.29, 1.82) is 0 Å². The molecule has 0 aromatic heterocycles. The number of hydrogen-bond donors (Lipinski definition) is 3. The maximum atomic E-state index is 12.3. The number of carbonyl (C=O) groups excluding carboxylic acids is 1. The molecule has 2 aromatic rings. The lowest BCUT2D eigenvalue weighted by Gasteiger charge is -2.32. The molecule has 2 atom stereocenters. The summed E-state index contributed by atoms with van der Waals surface area (Å²) in [6.07, 6.45) is 0.154. The highest BCUT2D eigenvalue weighted by Gasteiger charge is 2.33. The maximum Gasteiger partial charge on any atom is 0.326 e. The Balaban J connectivity index is 1.76. The van der Waals surface area contributed by atoms with Crippen LogP contribution in [0.4, 0.5) is 5.69 Å². The monoisotopic (exact) mass is 394 g/mol. The number of anilines is 1. The van der Waals surface area contributed by atoms with Crippen LogP contribution in [-0.4, -0.2) is 29.6 Å². The van der Waals surface area contributed by atoms with Gasteiger partial charge in [-0.05, 0) is 24.3 Å². The Morgan fingerprint density at radius 2 is 1.96 bits per heavy atom. The van der Waals surface area contributed by atoms with Gasteiger partial charge in [-0.25, -0.2) is 4.79 Å². The van der Waals surface area contributed by atoms with Crippen molar-refractivity contribution in [3.8, 4) is 5.75 Å². The molecule has 3 N–H and O–H groups in total. The first-order chi connectivity index (χ1) is 12.4. The number of carboxylic acid groups (broad SMARTS) is 1. The Labute approximate surface area is 160 Å². The van der Waals surface area contributed by atoms with Crippen LogP contribution < -0.4 is 15.4 Å². The molecule has 8 heteroatoms. The zero-order chi connectivity index (χ0) is 18.7. The van der Waals surface area contributed by atoms with Gasteiger partial charge >= 0.3 is 5.97 Å². The molecule has 0 bridgehead atoms. The van der Waals surface area contributed by atoms with E-state index < -0.39 is 18.1 Å². The number of nitrogens with one attached hydrogen (secondary N) is 2. The quantitative estimate of drug-likeness (QED) is 0.722. The largest absolute Gasteiger partial charge is 0.484 e. The molecule has 2 unspecified atom stereocenters. The minimum Gasteiger partial charge on any atom is -0.484 e. The number of halogens is 2. The fourth-order valence-electron chi connectivity index (χ4n) is 2.85. The number of carbonyl (C=O) groups is 2. The third-order valence-electron chi connectivity index (χ3n) is 3.99. The summed E-state index contributed by atoms with van der Waals surface area (Å²) in [5, 5.41) is 15.8. The molecule has 0 fully saturated rings. The van der Waals surface area contributed by atoms with Crippen LogP contribution in [0.15, 0.2) is 42.5 Å². The third kappa shape index (κ3) is 4.20. The minimum absolute atomic E-state index is 0.154. The van der Waals surface area contributed by atoms with Crippen molar-refractivity contribution in [2.24, 2.45) is 0 Å². The van der Waals surface area contributed by atoms with Gasteiger partial charge in [-0.2, -0.15) is 0 Å². The van der Waals surface area contributed by atoms with Crippen LogP contribution in [0, 0.1) is 0 Å². The standard InChI is InChI=1S/C18H16Cl2N2O4/c19-10-6-12(20)17-13(7-10)21-15(18(24)25)8-14(17)22-16(23)9-26-11-4-2-1-3-5-11/h1-7,14-15,21H,8-9H2,(H,22,23)(H,24,25).